The molecule has 100 valence electrons. The average Bonchev–Trinajstić information content (AvgIpc) is 2.91. The third-order valence-corrected chi connectivity index (χ3v) is 3.91. The maximum absolute atomic E-state index is 9.62. The summed E-state index contributed by atoms with van der Waals surface area (Å²) < 4.78 is 5.16. The van der Waals surface area contributed by atoms with E-state index in [4.69, 9.17) is 4.74 Å². The van der Waals surface area contributed by atoms with E-state index in [1.165, 1.54) is 12.0 Å². The molecule has 2 unspecified atom stereocenters. The van der Waals surface area contributed by atoms with E-state index in [9.17, 15) is 5.11 Å². The Morgan fingerprint density at radius 3 is 2.89 bits per heavy atom. The van der Waals surface area contributed by atoms with E-state index >= 15 is 0 Å². The van der Waals surface area contributed by atoms with Crippen molar-refractivity contribution >= 4 is 0 Å². The third-order valence-electron chi connectivity index (χ3n) is 3.91. The molecule has 18 heavy (non-hydrogen) atoms. The zero-order valence-electron chi connectivity index (χ0n) is 11.3. The molecule has 1 aromatic carbocycles. The molecule has 0 aromatic heterocycles. The van der Waals surface area contributed by atoms with Gasteiger partial charge in [0.25, 0.3) is 0 Å². The first-order valence-electron chi connectivity index (χ1n) is 6.43. The fraction of sp³-hybridized carbons (Fsp3) is 0.571. The van der Waals surface area contributed by atoms with E-state index in [1.54, 1.807) is 13.2 Å². The summed E-state index contributed by atoms with van der Waals surface area (Å²) in [7, 11) is 3.73. The lowest BCUT2D eigenvalue weighted by Gasteiger charge is -2.30. The van der Waals surface area contributed by atoms with Gasteiger partial charge in [0.1, 0.15) is 0 Å². The Kier molecular flexibility index (Phi) is 4.09. The van der Waals surface area contributed by atoms with E-state index < -0.39 is 0 Å². The summed E-state index contributed by atoms with van der Waals surface area (Å²) in [6, 6.07) is 6.47. The van der Waals surface area contributed by atoms with Crippen LogP contribution in [0.2, 0.25) is 0 Å². The van der Waals surface area contributed by atoms with Crippen molar-refractivity contribution in [2.45, 2.75) is 25.4 Å². The number of nitrogens with zero attached hydrogens (tertiary/aromatic N) is 1. The van der Waals surface area contributed by atoms with Crippen LogP contribution in [0, 0.1) is 0 Å². The number of benzene rings is 1. The number of phenols is 1. The summed E-state index contributed by atoms with van der Waals surface area (Å²) in [4.78, 5) is 2.38. The van der Waals surface area contributed by atoms with E-state index in [1.807, 2.05) is 12.1 Å². The molecule has 0 amide bonds. The number of phenolic OH excluding ortho intramolecular Hbond substituents is 1. The number of hydrogen-bond acceptors (Lipinski definition) is 4. The lowest BCUT2D eigenvalue weighted by atomic mass is 10.0. The molecule has 0 aliphatic carbocycles. The van der Waals surface area contributed by atoms with Gasteiger partial charge in [-0.2, -0.15) is 0 Å². The maximum atomic E-state index is 9.62. The highest BCUT2D eigenvalue weighted by molar-refractivity contribution is 5.42. The van der Waals surface area contributed by atoms with Gasteiger partial charge in [-0.3, -0.25) is 4.90 Å². The van der Waals surface area contributed by atoms with Gasteiger partial charge in [0.2, 0.25) is 0 Å². The standard InChI is InChI=1S/C14H22N2O2/c1-10(16(2)12-6-7-15-9-12)11-4-5-13(17)14(8-11)18-3/h4-5,8,10,12,15,17H,6-7,9H2,1-3H3. The topological polar surface area (TPSA) is 44.7 Å². The molecule has 0 bridgehead atoms. The van der Waals surface area contributed by atoms with E-state index in [0.717, 1.165) is 13.1 Å². The van der Waals surface area contributed by atoms with Crippen molar-refractivity contribution in [3.8, 4) is 11.5 Å². The molecule has 0 spiro atoms. The van der Waals surface area contributed by atoms with Gasteiger partial charge in [0, 0.05) is 18.6 Å². The van der Waals surface area contributed by atoms with Gasteiger partial charge in [-0.15, -0.1) is 0 Å². The predicted molar refractivity (Wildman–Crippen MR) is 72.1 cm³/mol. The summed E-state index contributed by atoms with van der Waals surface area (Å²) >= 11 is 0. The Balaban J connectivity index is 2.14. The van der Waals surface area contributed by atoms with Crippen molar-refractivity contribution in [1.82, 2.24) is 10.2 Å². The first kappa shape index (κ1) is 13.2. The van der Waals surface area contributed by atoms with Gasteiger partial charge in [0.15, 0.2) is 11.5 Å². The average molecular weight is 250 g/mol. The highest BCUT2D eigenvalue weighted by Crippen LogP contribution is 2.31. The minimum Gasteiger partial charge on any atom is -0.504 e. The van der Waals surface area contributed by atoms with Gasteiger partial charge in [-0.05, 0) is 44.6 Å². The van der Waals surface area contributed by atoms with Crippen molar-refractivity contribution in [2.75, 3.05) is 27.2 Å². The molecule has 1 aliphatic heterocycles. The number of ether oxygens (including phenoxy) is 1. The van der Waals surface area contributed by atoms with Gasteiger partial charge < -0.3 is 15.2 Å². The van der Waals surface area contributed by atoms with E-state index in [-0.39, 0.29) is 5.75 Å². The Morgan fingerprint density at radius 2 is 2.28 bits per heavy atom. The first-order valence-corrected chi connectivity index (χ1v) is 6.43. The Labute approximate surface area is 109 Å². The molecule has 1 heterocycles. The Bertz CT molecular complexity index is 403. The first-order chi connectivity index (χ1) is 8.63. The molecule has 1 aliphatic rings. The summed E-state index contributed by atoms with van der Waals surface area (Å²) in [5.41, 5.74) is 1.17. The summed E-state index contributed by atoms with van der Waals surface area (Å²) in [5, 5.41) is 13.0. The van der Waals surface area contributed by atoms with Crippen LogP contribution in [0.15, 0.2) is 18.2 Å². The molecule has 1 saturated heterocycles. The van der Waals surface area contributed by atoms with Crippen molar-refractivity contribution in [3.63, 3.8) is 0 Å². The number of likely N-dealkylation sites (N-methyl/N-ethyl adjacent to an activating group) is 1. The fourth-order valence-electron chi connectivity index (χ4n) is 2.49. The van der Waals surface area contributed by atoms with Gasteiger partial charge in [0.05, 0.1) is 7.11 Å². The lowest BCUT2D eigenvalue weighted by molar-refractivity contribution is 0.196. The van der Waals surface area contributed by atoms with Gasteiger partial charge >= 0.3 is 0 Å². The largest absolute Gasteiger partial charge is 0.504 e. The summed E-state index contributed by atoms with van der Waals surface area (Å²) in [6.45, 7) is 4.33. The van der Waals surface area contributed by atoms with Gasteiger partial charge in [-0.25, -0.2) is 0 Å². The third kappa shape index (κ3) is 2.60. The smallest absolute Gasteiger partial charge is 0.160 e. The van der Waals surface area contributed by atoms with Crippen LogP contribution in [0.5, 0.6) is 11.5 Å². The molecule has 4 nitrogen and oxygen atoms in total. The lowest BCUT2D eigenvalue weighted by Crippen LogP contribution is -2.35. The van der Waals surface area contributed by atoms with E-state index in [0.29, 0.717) is 17.8 Å². The predicted octanol–water partition coefficient (Wildman–Crippen LogP) is 1.76. The minimum absolute atomic E-state index is 0.193. The molecule has 2 N–H and O–H groups in total. The normalized spacial score (nSPS) is 21.2. The second-order valence-corrected chi connectivity index (χ2v) is 4.92. The molecule has 0 radical (unpaired) electrons. The van der Waals surface area contributed by atoms with Crippen LogP contribution in [-0.2, 0) is 0 Å². The van der Waals surface area contributed by atoms with Crippen LogP contribution >= 0.6 is 0 Å². The minimum atomic E-state index is 0.193. The molecule has 1 fully saturated rings. The summed E-state index contributed by atoms with van der Waals surface area (Å²) in [6.07, 6.45) is 1.19. The highest BCUT2D eigenvalue weighted by Gasteiger charge is 2.24. The zero-order valence-corrected chi connectivity index (χ0v) is 11.3. The van der Waals surface area contributed by atoms with Crippen LogP contribution in [0.1, 0.15) is 24.9 Å². The number of nitrogens with one attached hydrogen (secondary N) is 1. The molecule has 2 rings (SSSR count). The van der Waals surface area contributed by atoms with Crippen LogP contribution in [0.4, 0.5) is 0 Å². The molecule has 0 saturated carbocycles. The second-order valence-electron chi connectivity index (χ2n) is 4.92. The maximum Gasteiger partial charge on any atom is 0.160 e. The van der Waals surface area contributed by atoms with Crippen molar-refractivity contribution in [1.29, 1.82) is 0 Å². The molecule has 1 aromatic rings. The van der Waals surface area contributed by atoms with E-state index in [2.05, 4.69) is 24.2 Å². The Hall–Kier alpha value is -1.26. The molecular formula is C14H22N2O2. The second kappa shape index (κ2) is 5.59. The molecule has 2 atom stereocenters. The fourth-order valence-corrected chi connectivity index (χ4v) is 2.49. The van der Waals surface area contributed by atoms with Crippen LogP contribution in [0.3, 0.4) is 0 Å². The zero-order chi connectivity index (χ0) is 13.1. The van der Waals surface area contributed by atoms with Crippen molar-refractivity contribution < 1.29 is 9.84 Å². The van der Waals surface area contributed by atoms with Crippen LogP contribution in [-0.4, -0.2) is 43.3 Å². The monoisotopic (exact) mass is 250 g/mol. The molecular weight excluding hydrogens is 228 g/mol. The quantitative estimate of drug-likeness (QED) is 0.854. The Morgan fingerprint density at radius 1 is 1.50 bits per heavy atom. The molecule has 4 heteroatoms. The van der Waals surface area contributed by atoms with Gasteiger partial charge in [-0.1, -0.05) is 6.07 Å². The number of rotatable bonds is 4. The number of methoxy groups -OCH3 is 1. The van der Waals surface area contributed by atoms with Crippen LogP contribution in [0.25, 0.3) is 0 Å². The summed E-state index contributed by atoms with van der Waals surface area (Å²) in [5.74, 6) is 0.732. The van der Waals surface area contributed by atoms with Crippen molar-refractivity contribution in [3.05, 3.63) is 23.8 Å². The van der Waals surface area contributed by atoms with Crippen LogP contribution < -0.4 is 10.1 Å². The number of hydrogen-bond donors (Lipinski definition) is 2. The highest BCUT2D eigenvalue weighted by atomic mass is 16.5. The number of aromatic hydroxyl groups is 1. The van der Waals surface area contributed by atoms with Crippen molar-refractivity contribution in [2.24, 2.45) is 0 Å². The SMILES string of the molecule is COc1cc(C(C)N(C)C2CCNC2)ccc1O.